The summed E-state index contributed by atoms with van der Waals surface area (Å²) in [7, 11) is -1.82. The normalized spacial score (nSPS) is 18.5. The fraction of sp³-hybridized carbons (Fsp3) is 0.667. The van der Waals surface area contributed by atoms with Crippen molar-refractivity contribution in [1.82, 2.24) is 19.6 Å². The van der Waals surface area contributed by atoms with Gasteiger partial charge in [-0.15, -0.1) is 4.83 Å². The highest BCUT2D eigenvalue weighted by molar-refractivity contribution is 7.89. The molecule has 0 unspecified atom stereocenters. The fourth-order valence-electron chi connectivity index (χ4n) is 1.62. The number of ether oxygens (including phenoxy) is 1. The summed E-state index contributed by atoms with van der Waals surface area (Å²) in [4.78, 5) is 2.75. The third-order valence-electron chi connectivity index (χ3n) is 2.74. The molecule has 1 aromatic rings. The van der Waals surface area contributed by atoms with E-state index >= 15 is 0 Å². The minimum atomic E-state index is -3.53. The first kappa shape index (κ1) is 12.5. The van der Waals surface area contributed by atoms with Gasteiger partial charge in [0.15, 0.2) is 0 Å². The minimum absolute atomic E-state index is 0.214. The molecule has 8 heteroatoms. The Morgan fingerprint density at radius 1 is 1.41 bits per heavy atom. The molecule has 1 aromatic heterocycles. The molecule has 1 N–H and O–H groups in total. The van der Waals surface area contributed by atoms with E-state index in [9.17, 15) is 8.42 Å². The second kappa shape index (κ2) is 4.73. The summed E-state index contributed by atoms with van der Waals surface area (Å²) in [5, 5.41) is 5.57. The van der Waals surface area contributed by atoms with Crippen LogP contribution in [0.25, 0.3) is 0 Å². The van der Waals surface area contributed by atoms with Crippen molar-refractivity contribution in [3.8, 4) is 0 Å². The maximum Gasteiger partial charge on any atom is 0.256 e. The standard InChI is InChI=1S/C9H16N4O3S/c1-8-9(7-10-12(8)2)17(14,15)11-13-3-5-16-6-4-13/h7,11H,3-6H2,1-2H3. The summed E-state index contributed by atoms with van der Waals surface area (Å²) in [6.45, 7) is 3.90. The van der Waals surface area contributed by atoms with Crippen molar-refractivity contribution in [1.29, 1.82) is 0 Å². The Kier molecular flexibility index (Phi) is 3.48. The van der Waals surface area contributed by atoms with Crippen LogP contribution in [0.15, 0.2) is 11.1 Å². The topological polar surface area (TPSA) is 76.5 Å². The van der Waals surface area contributed by atoms with E-state index in [1.807, 2.05) is 0 Å². The first-order valence-electron chi connectivity index (χ1n) is 5.34. The number of nitrogens with zero attached hydrogens (tertiary/aromatic N) is 3. The van der Waals surface area contributed by atoms with Gasteiger partial charge in [-0.2, -0.15) is 5.10 Å². The number of hydrogen-bond donors (Lipinski definition) is 1. The lowest BCUT2D eigenvalue weighted by Gasteiger charge is -2.26. The molecule has 0 aromatic carbocycles. The van der Waals surface area contributed by atoms with Gasteiger partial charge in [0.05, 0.1) is 25.1 Å². The SMILES string of the molecule is Cc1c(S(=O)(=O)NN2CCOCC2)cnn1C. The predicted molar refractivity (Wildman–Crippen MR) is 60.7 cm³/mol. The maximum absolute atomic E-state index is 12.1. The van der Waals surface area contributed by atoms with Gasteiger partial charge in [-0.25, -0.2) is 13.4 Å². The molecule has 2 heterocycles. The quantitative estimate of drug-likeness (QED) is 0.774. The van der Waals surface area contributed by atoms with Gasteiger partial charge in [-0.3, -0.25) is 4.68 Å². The van der Waals surface area contributed by atoms with Crippen molar-refractivity contribution in [2.24, 2.45) is 7.05 Å². The highest BCUT2D eigenvalue weighted by atomic mass is 32.2. The number of morpholine rings is 1. The van der Waals surface area contributed by atoms with Gasteiger partial charge in [0.1, 0.15) is 4.90 Å². The Labute approximate surface area is 100 Å². The van der Waals surface area contributed by atoms with Gasteiger partial charge in [-0.1, -0.05) is 0 Å². The predicted octanol–water partition coefficient (Wildman–Crippen LogP) is -0.746. The number of aromatic nitrogens is 2. The number of sulfonamides is 1. The zero-order valence-electron chi connectivity index (χ0n) is 9.88. The van der Waals surface area contributed by atoms with E-state index in [0.717, 1.165) is 0 Å². The Balaban J connectivity index is 2.16. The summed E-state index contributed by atoms with van der Waals surface area (Å²) in [6.07, 6.45) is 1.36. The molecule has 96 valence electrons. The Morgan fingerprint density at radius 2 is 2.06 bits per heavy atom. The van der Waals surface area contributed by atoms with Gasteiger partial charge >= 0.3 is 0 Å². The average Bonchev–Trinajstić information content (AvgIpc) is 2.61. The Hall–Kier alpha value is -0.960. The van der Waals surface area contributed by atoms with Crippen molar-refractivity contribution in [3.05, 3.63) is 11.9 Å². The van der Waals surface area contributed by atoms with Crippen LogP contribution < -0.4 is 4.83 Å². The lowest BCUT2D eigenvalue weighted by Crippen LogP contribution is -2.48. The molecule has 2 rings (SSSR count). The fourth-order valence-corrected chi connectivity index (χ4v) is 2.94. The third kappa shape index (κ3) is 2.65. The lowest BCUT2D eigenvalue weighted by atomic mass is 10.5. The summed E-state index contributed by atoms with van der Waals surface area (Å²) >= 11 is 0. The van der Waals surface area contributed by atoms with Gasteiger partial charge in [0.25, 0.3) is 10.0 Å². The Morgan fingerprint density at radius 3 is 2.59 bits per heavy atom. The van der Waals surface area contributed by atoms with E-state index < -0.39 is 10.0 Å². The number of aryl methyl sites for hydroxylation is 1. The van der Waals surface area contributed by atoms with Gasteiger partial charge in [0.2, 0.25) is 0 Å². The first-order chi connectivity index (χ1) is 8.00. The van der Waals surface area contributed by atoms with E-state index in [2.05, 4.69) is 9.93 Å². The van der Waals surface area contributed by atoms with E-state index in [0.29, 0.717) is 32.0 Å². The van der Waals surface area contributed by atoms with Crippen molar-refractivity contribution in [2.75, 3.05) is 26.3 Å². The van der Waals surface area contributed by atoms with E-state index in [1.54, 1.807) is 19.0 Å². The monoisotopic (exact) mass is 260 g/mol. The van der Waals surface area contributed by atoms with E-state index in [4.69, 9.17) is 4.74 Å². The molecular formula is C9H16N4O3S. The van der Waals surface area contributed by atoms with Crippen molar-refractivity contribution in [3.63, 3.8) is 0 Å². The summed E-state index contributed by atoms with van der Waals surface area (Å²) in [6, 6.07) is 0. The molecular weight excluding hydrogens is 244 g/mol. The van der Waals surface area contributed by atoms with Crippen LogP contribution in [0.2, 0.25) is 0 Å². The van der Waals surface area contributed by atoms with Crippen molar-refractivity contribution in [2.45, 2.75) is 11.8 Å². The van der Waals surface area contributed by atoms with Crippen LogP contribution in [0.4, 0.5) is 0 Å². The minimum Gasteiger partial charge on any atom is -0.379 e. The smallest absolute Gasteiger partial charge is 0.256 e. The molecule has 17 heavy (non-hydrogen) atoms. The molecule has 7 nitrogen and oxygen atoms in total. The number of hydrazine groups is 1. The van der Waals surface area contributed by atoms with Crippen LogP contribution >= 0.6 is 0 Å². The molecule has 0 bridgehead atoms. The summed E-state index contributed by atoms with van der Waals surface area (Å²) in [5.41, 5.74) is 0.616. The molecule has 1 aliphatic rings. The van der Waals surface area contributed by atoms with Gasteiger partial charge < -0.3 is 4.74 Å². The van der Waals surface area contributed by atoms with Crippen LogP contribution in [0.1, 0.15) is 5.69 Å². The van der Waals surface area contributed by atoms with Gasteiger partial charge in [0, 0.05) is 20.1 Å². The second-order valence-electron chi connectivity index (χ2n) is 3.91. The highest BCUT2D eigenvalue weighted by Gasteiger charge is 2.23. The second-order valence-corrected chi connectivity index (χ2v) is 5.54. The van der Waals surface area contributed by atoms with Gasteiger partial charge in [-0.05, 0) is 6.92 Å². The molecule has 0 atom stereocenters. The molecule has 0 radical (unpaired) electrons. The highest BCUT2D eigenvalue weighted by Crippen LogP contribution is 2.13. The van der Waals surface area contributed by atoms with Crippen LogP contribution in [-0.2, 0) is 21.8 Å². The zero-order valence-corrected chi connectivity index (χ0v) is 10.7. The largest absolute Gasteiger partial charge is 0.379 e. The van der Waals surface area contributed by atoms with Crippen LogP contribution in [0, 0.1) is 6.92 Å². The van der Waals surface area contributed by atoms with E-state index in [1.165, 1.54) is 10.9 Å². The van der Waals surface area contributed by atoms with Crippen molar-refractivity contribution < 1.29 is 13.2 Å². The summed E-state index contributed by atoms with van der Waals surface area (Å²) < 4.78 is 30.9. The lowest BCUT2D eigenvalue weighted by molar-refractivity contribution is 0.0272. The molecule has 1 aliphatic heterocycles. The average molecular weight is 260 g/mol. The number of nitrogens with one attached hydrogen (secondary N) is 1. The number of rotatable bonds is 3. The van der Waals surface area contributed by atoms with Crippen LogP contribution in [0.3, 0.4) is 0 Å². The van der Waals surface area contributed by atoms with Crippen LogP contribution in [0.5, 0.6) is 0 Å². The molecule has 0 amide bonds. The molecule has 0 saturated carbocycles. The zero-order chi connectivity index (χ0) is 12.5. The third-order valence-corrected chi connectivity index (χ3v) is 4.22. The molecule has 0 aliphatic carbocycles. The molecule has 1 fully saturated rings. The van der Waals surface area contributed by atoms with E-state index in [-0.39, 0.29) is 4.90 Å². The maximum atomic E-state index is 12.1. The van der Waals surface area contributed by atoms with Crippen molar-refractivity contribution >= 4 is 10.0 Å². The first-order valence-corrected chi connectivity index (χ1v) is 6.83. The molecule has 1 saturated heterocycles. The Bertz CT molecular complexity index is 490. The summed E-state index contributed by atoms with van der Waals surface area (Å²) in [5.74, 6) is 0. The molecule has 0 spiro atoms. The van der Waals surface area contributed by atoms with Crippen LogP contribution in [-0.4, -0.2) is 49.5 Å². The number of hydrogen-bond acceptors (Lipinski definition) is 5.